The van der Waals surface area contributed by atoms with Crippen molar-refractivity contribution in [3.63, 3.8) is 0 Å². The molecule has 1 amide bonds. The predicted molar refractivity (Wildman–Crippen MR) is 89.5 cm³/mol. The van der Waals surface area contributed by atoms with Gasteiger partial charge < -0.3 is 14.7 Å². The largest absolute Gasteiger partial charge is 0.481 e. The summed E-state index contributed by atoms with van der Waals surface area (Å²) in [5.41, 5.74) is -0.262. The van der Waals surface area contributed by atoms with Crippen molar-refractivity contribution in [2.45, 2.75) is 25.4 Å². The van der Waals surface area contributed by atoms with Gasteiger partial charge in [0, 0.05) is 25.1 Å². The lowest BCUT2D eigenvalue weighted by Crippen LogP contribution is -2.39. The van der Waals surface area contributed by atoms with E-state index in [-0.39, 0.29) is 30.3 Å². The van der Waals surface area contributed by atoms with Gasteiger partial charge in [0.25, 0.3) is 11.5 Å². The second-order valence-electron chi connectivity index (χ2n) is 5.98. The van der Waals surface area contributed by atoms with Gasteiger partial charge in [0.1, 0.15) is 0 Å². The number of aromatic amines is 1. The van der Waals surface area contributed by atoms with Crippen molar-refractivity contribution in [2.75, 3.05) is 19.7 Å². The Labute approximate surface area is 143 Å². The first-order valence-electron chi connectivity index (χ1n) is 8.16. The molecule has 0 aliphatic carbocycles. The van der Waals surface area contributed by atoms with E-state index in [4.69, 9.17) is 9.84 Å². The molecule has 1 aliphatic heterocycles. The molecule has 0 unspecified atom stereocenters. The lowest BCUT2D eigenvalue weighted by molar-refractivity contribution is -0.137. The van der Waals surface area contributed by atoms with Crippen molar-refractivity contribution >= 4 is 22.6 Å². The van der Waals surface area contributed by atoms with Gasteiger partial charge in [-0.1, -0.05) is 18.2 Å². The number of hydrogen-bond acceptors (Lipinski definition) is 5. The van der Waals surface area contributed by atoms with Crippen molar-refractivity contribution in [2.24, 2.45) is 0 Å². The van der Waals surface area contributed by atoms with E-state index in [1.54, 1.807) is 24.3 Å². The Balaban J connectivity index is 1.92. The molecule has 2 heterocycles. The molecule has 0 radical (unpaired) electrons. The molecule has 1 aromatic heterocycles. The third-order valence-electron chi connectivity index (χ3n) is 4.23. The number of H-pyrrole nitrogens is 1. The van der Waals surface area contributed by atoms with Crippen LogP contribution in [0.4, 0.5) is 0 Å². The van der Waals surface area contributed by atoms with Gasteiger partial charge in [-0.2, -0.15) is 5.10 Å². The summed E-state index contributed by atoms with van der Waals surface area (Å²) >= 11 is 0. The molecule has 2 N–H and O–H groups in total. The molecule has 1 aliphatic rings. The molecule has 3 rings (SSSR count). The Morgan fingerprint density at radius 1 is 1.32 bits per heavy atom. The summed E-state index contributed by atoms with van der Waals surface area (Å²) in [6, 6.07) is 6.71. The molecule has 132 valence electrons. The van der Waals surface area contributed by atoms with Crippen molar-refractivity contribution in [1.82, 2.24) is 15.1 Å². The van der Waals surface area contributed by atoms with Crippen LogP contribution >= 0.6 is 0 Å². The molecule has 0 saturated carbocycles. The Morgan fingerprint density at radius 3 is 2.76 bits per heavy atom. The van der Waals surface area contributed by atoms with Crippen molar-refractivity contribution in [3.05, 3.63) is 40.3 Å². The fourth-order valence-corrected chi connectivity index (χ4v) is 2.97. The molecule has 1 atom stereocenters. The summed E-state index contributed by atoms with van der Waals surface area (Å²) in [4.78, 5) is 37.2. The summed E-state index contributed by atoms with van der Waals surface area (Å²) < 4.78 is 5.56. The summed E-state index contributed by atoms with van der Waals surface area (Å²) in [6.45, 7) is 1.01. The number of hydrogen-bond donors (Lipinski definition) is 2. The maximum absolute atomic E-state index is 13.0. The zero-order valence-electron chi connectivity index (χ0n) is 13.6. The highest BCUT2D eigenvalue weighted by Crippen LogP contribution is 2.18. The molecule has 1 aromatic carbocycles. The van der Waals surface area contributed by atoms with Gasteiger partial charge >= 0.3 is 5.97 Å². The van der Waals surface area contributed by atoms with Gasteiger partial charge in [-0.05, 0) is 18.9 Å². The molecular formula is C17H19N3O5. The number of carboxylic acid groups (broad SMARTS) is 1. The van der Waals surface area contributed by atoms with Crippen LogP contribution in [-0.2, 0) is 9.53 Å². The lowest BCUT2D eigenvalue weighted by Gasteiger charge is -2.24. The van der Waals surface area contributed by atoms with Gasteiger partial charge in [-0.25, -0.2) is 5.10 Å². The number of aromatic nitrogens is 2. The first-order chi connectivity index (χ1) is 12.1. The standard InChI is InChI=1S/C17H19N3O5/c21-14(22)7-8-20(10-11-4-3-9-25-11)17(24)15-12-5-1-2-6-13(12)16(23)19-18-15/h1-2,5-6,11H,3-4,7-10H2,(H,19,23)(H,21,22)/t11-/m0/s1. The van der Waals surface area contributed by atoms with E-state index in [9.17, 15) is 14.4 Å². The zero-order valence-corrected chi connectivity index (χ0v) is 13.6. The van der Waals surface area contributed by atoms with Crippen LogP contribution in [0.1, 0.15) is 29.8 Å². The van der Waals surface area contributed by atoms with Crippen molar-refractivity contribution in [3.8, 4) is 0 Å². The summed E-state index contributed by atoms with van der Waals surface area (Å²) in [7, 11) is 0. The highest BCUT2D eigenvalue weighted by atomic mass is 16.5. The van der Waals surface area contributed by atoms with E-state index in [1.807, 2.05) is 0 Å². The summed E-state index contributed by atoms with van der Waals surface area (Å²) in [6.07, 6.45) is 1.48. The van der Waals surface area contributed by atoms with Crippen LogP contribution in [0.3, 0.4) is 0 Å². The summed E-state index contributed by atoms with van der Waals surface area (Å²) in [5, 5.41) is 16.0. The Hall–Kier alpha value is -2.74. The van der Waals surface area contributed by atoms with Crippen LogP contribution in [0.25, 0.3) is 10.8 Å². The first kappa shape index (κ1) is 17.1. The third-order valence-corrected chi connectivity index (χ3v) is 4.23. The van der Waals surface area contributed by atoms with Gasteiger partial charge in [-0.3, -0.25) is 14.4 Å². The number of ether oxygens (including phenoxy) is 1. The Morgan fingerprint density at radius 2 is 2.08 bits per heavy atom. The molecule has 2 aromatic rings. The second-order valence-corrected chi connectivity index (χ2v) is 5.98. The van der Waals surface area contributed by atoms with Gasteiger partial charge in [0.15, 0.2) is 5.69 Å². The van der Waals surface area contributed by atoms with Crippen LogP contribution in [0.2, 0.25) is 0 Å². The molecule has 0 spiro atoms. The molecule has 1 saturated heterocycles. The average molecular weight is 345 g/mol. The molecule has 8 nitrogen and oxygen atoms in total. The van der Waals surface area contributed by atoms with Crippen LogP contribution < -0.4 is 5.56 Å². The zero-order chi connectivity index (χ0) is 17.8. The number of nitrogens with zero attached hydrogens (tertiary/aromatic N) is 2. The van der Waals surface area contributed by atoms with E-state index in [0.717, 1.165) is 12.8 Å². The number of carboxylic acids is 1. The van der Waals surface area contributed by atoms with Crippen LogP contribution in [0.15, 0.2) is 29.1 Å². The smallest absolute Gasteiger partial charge is 0.305 e. The topological polar surface area (TPSA) is 113 Å². The highest BCUT2D eigenvalue weighted by molar-refractivity contribution is 6.04. The molecule has 25 heavy (non-hydrogen) atoms. The molecule has 1 fully saturated rings. The van der Waals surface area contributed by atoms with E-state index < -0.39 is 11.9 Å². The van der Waals surface area contributed by atoms with E-state index in [0.29, 0.717) is 23.9 Å². The average Bonchev–Trinajstić information content (AvgIpc) is 3.11. The van der Waals surface area contributed by atoms with Crippen molar-refractivity contribution in [1.29, 1.82) is 0 Å². The van der Waals surface area contributed by atoms with Crippen molar-refractivity contribution < 1.29 is 19.4 Å². The minimum Gasteiger partial charge on any atom is -0.481 e. The highest BCUT2D eigenvalue weighted by Gasteiger charge is 2.26. The number of carbonyl (C=O) groups excluding carboxylic acids is 1. The number of carbonyl (C=O) groups is 2. The number of amides is 1. The fraction of sp³-hybridized carbons (Fsp3) is 0.412. The van der Waals surface area contributed by atoms with E-state index in [1.165, 1.54) is 4.90 Å². The maximum atomic E-state index is 13.0. The molecule has 8 heteroatoms. The van der Waals surface area contributed by atoms with Gasteiger partial charge in [0.05, 0.1) is 17.9 Å². The normalized spacial score (nSPS) is 16.9. The SMILES string of the molecule is O=C(O)CCN(C[C@@H]1CCCO1)C(=O)c1n[nH]c(=O)c2ccccc12. The predicted octanol–water partition coefficient (Wildman–Crippen LogP) is 1.02. The molecule has 0 bridgehead atoms. The third kappa shape index (κ3) is 3.85. The number of aliphatic carboxylic acids is 1. The van der Waals surface area contributed by atoms with Gasteiger partial charge in [-0.15, -0.1) is 0 Å². The second kappa shape index (κ2) is 7.43. The number of benzene rings is 1. The number of fused-ring (bicyclic) bond motifs is 1. The Bertz CT molecular complexity index is 842. The van der Waals surface area contributed by atoms with E-state index >= 15 is 0 Å². The number of rotatable bonds is 6. The first-order valence-corrected chi connectivity index (χ1v) is 8.16. The monoisotopic (exact) mass is 345 g/mol. The number of nitrogens with one attached hydrogen (secondary N) is 1. The van der Waals surface area contributed by atoms with Crippen LogP contribution in [0, 0.1) is 0 Å². The minimum atomic E-state index is -0.982. The van der Waals surface area contributed by atoms with Crippen LogP contribution in [0.5, 0.6) is 0 Å². The quantitative estimate of drug-likeness (QED) is 0.808. The molecular weight excluding hydrogens is 326 g/mol. The van der Waals surface area contributed by atoms with Gasteiger partial charge in [0.2, 0.25) is 0 Å². The van der Waals surface area contributed by atoms with Crippen LogP contribution in [-0.4, -0.2) is 57.9 Å². The maximum Gasteiger partial charge on any atom is 0.305 e. The summed E-state index contributed by atoms with van der Waals surface area (Å²) in [5.74, 6) is -1.39. The fourth-order valence-electron chi connectivity index (χ4n) is 2.97. The lowest BCUT2D eigenvalue weighted by atomic mass is 10.1. The Kier molecular flexibility index (Phi) is 5.08. The van der Waals surface area contributed by atoms with E-state index in [2.05, 4.69) is 10.2 Å². The minimum absolute atomic E-state index is 0.0587.